The highest BCUT2D eigenvalue weighted by atomic mass is 32.2. The zero-order valence-electron chi connectivity index (χ0n) is 13.7. The molecule has 0 saturated carbocycles. The van der Waals surface area contributed by atoms with Crippen molar-refractivity contribution in [2.45, 2.75) is 72.2 Å². The number of hydrogen-bond acceptors (Lipinski definition) is 2. The normalized spacial score (nSPS) is 12.2. The molecule has 0 heterocycles. The van der Waals surface area contributed by atoms with E-state index in [0.717, 1.165) is 35.1 Å². The summed E-state index contributed by atoms with van der Waals surface area (Å²) < 4.78 is 28.3. The number of nitrogens with one attached hydrogen (secondary N) is 1. The minimum atomic E-state index is -3.46. The third kappa shape index (κ3) is 3.07. The van der Waals surface area contributed by atoms with E-state index in [0.29, 0.717) is 4.90 Å². The van der Waals surface area contributed by atoms with Gasteiger partial charge in [-0.25, -0.2) is 13.1 Å². The predicted molar refractivity (Wildman–Crippen MR) is 84.8 cm³/mol. The van der Waals surface area contributed by atoms with Crippen molar-refractivity contribution in [3.8, 4) is 0 Å². The fourth-order valence-electron chi connectivity index (χ4n) is 2.60. The molecule has 0 saturated heterocycles. The first-order chi connectivity index (χ1) is 9.17. The summed E-state index contributed by atoms with van der Waals surface area (Å²) >= 11 is 0. The van der Waals surface area contributed by atoms with Crippen molar-refractivity contribution in [1.29, 1.82) is 0 Å². The number of hydrogen-bond donors (Lipinski definition) is 1. The third-order valence-corrected chi connectivity index (χ3v) is 6.30. The molecule has 3 nitrogen and oxygen atoms in total. The molecule has 0 radical (unpaired) electrons. The van der Waals surface area contributed by atoms with Crippen LogP contribution in [0.2, 0.25) is 0 Å². The molecule has 20 heavy (non-hydrogen) atoms. The largest absolute Gasteiger partial charge is 0.241 e. The summed E-state index contributed by atoms with van der Waals surface area (Å²) in [6.07, 6.45) is 1.61. The second kappa shape index (κ2) is 6.27. The Kier molecular flexibility index (Phi) is 5.39. The van der Waals surface area contributed by atoms with Crippen LogP contribution in [-0.4, -0.2) is 14.5 Å². The quantitative estimate of drug-likeness (QED) is 0.901. The lowest BCUT2D eigenvalue weighted by atomic mass is 9.95. The van der Waals surface area contributed by atoms with Gasteiger partial charge < -0.3 is 0 Å². The maximum absolute atomic E-state index is 12.7. The van der Waals surface area contributed by atoms with Crippen molar-refractivity contribution in [2.75, 3.05) is 0 Å². The van der Waals surface area contributed by atoms with E-state index in [2.05, 4.69) is 11.6 Å². The minimum absolute atomic E-state index is 0.000662. The number of benzene rings is 1. The molecule has 0 aliphatic rings. The molecule has 0 amide bonds. The van der Waals surface area contributed by atoms with Crippen LogP contribution >= 0.6 is 0 Å². The van der Waals surface area contributed by atoms with Gasteiger partial charge >= 0.3 is 0 Å². The average molecular weight is 297 g/mol. The maximum atomic E-state index is 12.7. The molecule has 0 spiro atoms. The molecule has 0 fully saturated rings. The van der Waals surface area contributed by atoms with E-state index in [1.165, 1.54) is 5.56 Å². The SMILES string of the molecule is CCC(CC)NS(=O)(=O)c1c(C)c(C)c(C)c(C)c1C. The lowest BCUT2D eigenvalue weighted by molar-refractivity contribution is 0.529. The molecule has 0 aromatic heterocycles. The Labute approximate surface area is 123 Å². The van der Waals surface area contributed by atoms with Gasteiger partial charge in [0.2, 0.25) is 10.0 Å². The molecule has 0 aliphatic heterocycles. The Morgan fingerprint density at radius 3 is 1.50 bits per heavy atom. The molecule has 1 rings (SSSR count). The Bertz CT molecular complexity index is 570. The summed E-state index contributed by atoms with van der Waals surface area (Å²) in [5, 5.41) is 0. The molecule has 1 N–H and O–H groups in total. The van der Waals surface area contributed by atoms with Gasteiger partial charge in [-0.1, -0.05) is 13.8 Å². The van der Waals surface area contributed by atoms with Crippen LogP contribution in [0.15, 0.2) is 4.90 Å². The molecule has 0 bridgehead atoms. The fourth-order valence-corrected chi connectivity index (χ4v) is 4.60. The molecule has 1 aromatic carbocycles. The highest BCUT2D eigenvalue weighted by molar-refractivity contribution is 7.89. The zero-order valence-corrected chi connectivity index (χ0v) is 14.5. The van der Waals surface area contributed by atoms with Gasteiger partial charge in [-0.2, -0.15) is 0 Å². The summed E-state index contributed by atoms with van der Waals surface area (Å²) in [4.78, 5) is 0.463. The topological polar surface area (TPSA) is 46.2 Å². The lowest BCUT2D eigenvalue weighted by Gasteiger charge is -2.21. The molecule has 4 heteroatoms. The molecule has 0 atom stereocenters. The van der Waals surface area contributed by atoms with E-state index in [1.54, 1.807) is 0 Å². The lowest BCUT2D eigenvalue weighted by Crippen LogP contribution is -2.35. The van der Waals surface area contributed by atoms with Gasteiger partial charge in [0.05, 0.1) is 4.90 Å². The van der Waals surface area contributed by atoms with Crippen molar-refractivity contribution >= 4 is 10.0 Å². The maximum Gasteiger partial charge on any atom is 0.241 e. The molecule has 114 valence electrons. The van der Waals surface area contributed by atoms with Gasteiger partial charge in [-0.15, -0.1) is 0 Å². The van der Waals surface area contributed by atoms with Crippen LogP contribution in [0.1, 0.15) is 54.5 Å². The Hall–Kier alpha value is -0.870. The van der Waals surface area contributed by atoms with E-state index in [1.807, 2.05) is 41.5 Å². The van der Waals surface area contributed by atoms with Gasteiger partial charge in [0.15, 0.2) is 0 Å². The summed E-state index contributed by atoms with van der Waals surface area (Å²) in [6, 6.07) is 0.000662. The van der Waals surface area contributed by atoms with E-state index >= 15 is 0 Å². The van der Waals surface area contributed by atoms with Crippen LogP contribution in [-0.2, 0) is 10.0 Å². The predicted octanol–water partition coefficient (Wildman–Crippen LogP) is 3.70. The van der Waals surface area contributed by atoms with E-state index in [9.17, 15) is 8.42 Å². The minimum Gasteiger partial charge on any atom is -0.208 e. The molecule has 0 unspecified atom stereocenters. The summed E-state index contributed by atoms with van der Waals surface area (Å²) in [6.45, 7) is 13.8. The van der Waals surface area contributed by atoms with Gasteiger partial charge in [0.25, 0.3) is 0 Å². The van der Waals surface area contributed by atoms with Crippen LogP contribution in [0.3, 0.4) is 0 Å². The van der Waals surface area contributed by atoms with E-state index in [4.69, 9.17) is 0 Å². The van der Waals surface area contributed by atoms with Gasteiger partial charge in [0, 0.05) is 6.04 Å². The van der Waals surface area contributed by atoms with Gasteiger partial charge in [-0.05, 0) is 75.3 Å². The van der Waals surface area contributed by atoms with Crippen molar-refractivity contribution in [3.05, 3.63) is 27.8 Å². The third-order valence-electron chi connectivity index (χ3n) is 4.51. The molecule has 1 aromatic rings. The monoisotopic (exact) mass is 297 g/mol. The highest BCUT2D eigenvalue weighted by Gasteiger charge is 2.25. The van der Waals surface area contributed by atoms with E-state index < -0.39 is 10.0 Å². The first-order valence-electron chi connectivity index (χ1n) is 7.26. The molecular weight excluding hydrogens is 270 g/mol. The smallest absolute Gasteiger partial charge is 0.208 e. The van der Waals surface area contributed by atoms with Crippen molar-refractivity contribution in [1.82, 2.24) is 4.72 Å². The fraction of sp³-hybridized carbons (Fsp3) is 0.625. The van der Waals surface area contributed by atoms with Crippen molar-refractivity contribution in [2.24, 2.45) is 0 Å². The summed E-state index contributed by atoms with van der Waals surface area (Å²) in [7, 11) is -3.46. The van der Waals surface area contributed by atoms with E-state index in [-0.39, 0.29) is 6.04 Å². The summed E-state index contributed by atoms with van der Waals surface area (Å²) in [5.74, 6) is 0. The van der Waals surface area contributed by atoms with Crippen molar-refractivity contribution in [3.63, 3.8) is 0 Å². The number of sulfonamides is 1. The van der Waals surface area contributed by atoms with Crippen molar-refractivity contribution < 1.29 is 8.42 Å². The first kappa shape index (κ1) is 17.2. The highest BCUT2D eigenvalue weighted by Crippen LogP contribution is 2.29. The summed E-state index contributed by atoms with van der Waals surface area (Å²) in [5.41, 5.74) is 5.05. The standard InChI is InChI=1S/C16H27NO2S/c1-8-15(9-2)17-20(18,19)16-13(6)11(4)10(3)12(5)14(16)7/h15,17H,8-9H2,1-7H3. The van der Waals surface area contributed by atoms with Crippen LogP contribution in [0.25, 0.3) is 0 Å². The second-order valence-electron chi connectivity index (χ2n) is 5.59. The Morgan fingerprint density at radius 1 is 0.800 bits per heavy atom. The van der Waals surface area contributed by atoms with Crippen LogP contribution < -0.4 is 4.72 Å². The van der Waals surface area contributed by atoms with Crippen LogP contribution in [0, 0.1) is 34.6 Å². The molecule has 0 aliphatic carbocycles. The van der Waals surface area contributed by atoms with Crippen LogP contribution in [0.5, 0.6) is 0 Å². The second-order valence-corrected chi connectivity index (χ2v) is 7.24. The first-order valence-corrected chi connectivity index (χ1v) is 8.74. The van der Waals surface area contributed by atoms with Crippen LogP contribution in [0.4, 0.5) is 0 Å². The van der Waals surface area contributed by atoms with Gasteiger partial charge in [0.1, 0.15) is 0 Å². The number of rotatable bonds is 5. The molecular formula is C16H27NO2S. The van der Waals surface area contributed by atoms with Gasteiger partial charge in [-0.3, -0.25) is 0 Å². The zero-order chi connectivity index (χ0) is 15.7. The Morgan fingerprint density at radius 2 is 1.15 bits per heavy atom. The Balaban J connectivity index is 3.47. The average Bonchev–Trinajstić information content (AvgIpc) is 2.40.